The normalized spacial score (nSPS) is 13.3. The van der Waals surface area contributed by atoms with Crippen molar-refractivity contribution in [3.63, 3.8) is 0 Å². The largest absolute Gasteiger partial charge is 0.467 e. The average molecular weight is 519 g/mol. The number of benzene rings is 1. The first-order valence-corrected chi connectivity index (χ1v) is 10.1. The highest BCUT2D eigenvalue weighted by molar-refractivity contribution is 14.0. The number of nitrogens with zero attached hydrogens (tertiary/aromatic N) is 1. The van der Waals surface area contributed by atoms with E-state index in [4.69, 9.17) is 9.47 Å². The lowest BCUT2D eigenvalue weighted by molar-refractivity contribution is -0.0172. The molecule has 2 N–H and O–H groups in total. The van der Waals surface area contributed by atoms with Crippen LogP contribution in [0.15, 0.2) is 29.3 Å². The van der Waals surface area contributed by atoms with Gasteiger partial charge in [0.2, 0.25) is 0 Å². The van der Waals surface area contributed by atoms with Crippen LogP contribution in [0.2, 0.25) is 0 Å². The summed E-state index contributed by atoms with van der Waals surface area (Å²) >= 11 is 1.80. The van der Waals surface area contributed by atoms with Gasteiger partial charge in [-0.1, -0.05) is 6.92 Å². The number of halogens is 2. The quantitative estimate of drug-likeness (QED) is 0.327. The molecule has 1 aliphatic heterocycles. The third-order valence-corrected chi connectivity index (χ3v) is 5.46. The maximum absolute atomic E-state index is 13.8. The van der Waals surface area contributed by atoms with Gasteiger partial charge in [-0.2, -0.15) is 0 Å². The number of rotatable bonds is 7. The predicted octanol–water partition coefficient (Wildman–Crippen LogP) is 4.23. The zero-order valence-electron chi connectivity index (χ0n) is 16.2. The lowest BCUT2D eigenvalue weighted by atomic mass is 10.1. The molecule has 1 aliphatic rings. The summed E-state index contributed by atoms with van der Waals surface area (Å²) in [5.41, 5.74) is 1.61. The van der Waals surface area contributed by atoms with Crippen molar-refractivity contribution in [2.75, 3.05) is 19.9 Å². The molecule has 0 radical (unpaired) electrons. The zero-order valence-corrected chi connectivity index (χ0v) is 19.4. The first-order chi connectivity index (χ1) is 13.2. The fourth-order valence-corrected chi connectivity index (χ4v) is 3.84. The molecular formula is C20H27FIN3O2S. The summed E-state index contributed by atoms with van der Waals surface area (Å²) in [7, 11) is 0. The lowest BCUT2D eigenvalue weighted by Crippen LogP contribution is -2.38. The number of hydrogen-bond donors (Lipinski definition) is 2. The van der Waals surface area contributed by atoms with Gasteiger partial charge in [0.25, 0.3) is 0 Å². The molecule has 0 saturated heterocycles. The molecule has 1 aromatic heterocycles. The number of guanidine groups is 1. The Hall–Kier alpha value is -1.39. The van der Waals surface area contributed by atoms with Crippen LogP contribution >= 0.6 is 35.3 Å². The molecule has 0 unspecified atom stereocenters. The third kappa shape index (κ3) is 6.31. The maximum atomic E-state index is 13.8. The fourth-order valence-electron chi connectivity index (χ4n) is 2.95. The Morgan fingerprint density at radius 3 is 2.79 bits per heavy atom. The van der Waals surface area contributed by atoms with Gasteiger partial charge in [0.1, 0.15) is 11.6 Å². The van der Waals surface area contributed by atoms with E-state index in [0.29, 0.717) is 26.1 Å². The minimum atomic E-state index is -0.261. The van der Waals surface area contributed by atoms with Gasteiger partial charge in [0, 0.05) is 28.4 Å². The van der Waals surface area contributed by atoms with Gasteiger partial charge >= 0.3 is 0 Å². The minimum Gasteiger partial charge on any atom is -0.467 e. The number of aliphatic imine (C=N–C) groups is 1. The maximum Gasteiger partial charge on any atom is 0.191 e. The highest BCUT2D eigenvalue weighted by atomic mass is 127. The van der Waals surface area contributed by atoms with Gasteiger partial charge in [-0.3, -0.25) is 0 Å². The minimum absolute atomic E-state index is 0. The van der Waals surface area contributed by atoms with Gasteiger partial charge in [-0.25, -0.2) is 9.38 Å². The smallest absolute Gasteiger partial charge is 0.191 e. The van der Waals surface area contributed by atoms with Gasteiger partial charge in [0.05, 0.1) is 13.2 Å². The van der Waals surface area contributed by atoms with Gasteiger partial charge in [-0.05, 0) is 49.6 Å². The highest BCUT2D eigenvalue weighted by Crippen LogP contribution is 2.29. The van der Waals surface area contributed by atoms with Crippen molar-refractivity contribution in [1.82, 2.24) is 10.6 Å². The van der Waals surface area contributed by atoms with Crippen molar-refractivity contribution in [3.8, 4) is 5.75 Å². The van der Waals surface area contributed by atoms with Crippen LogP contribution in [-0.4, -0.2) is 25.8 Å². The molecule has 0 bridgehead atoms. The molecule has 0 amide bonds. The second kappa shape index (κ2) is 11.6. The molecular weight excluding hydrogens is 492 g/mol. The number of thiophene rings is 1. The van der Waals surface area contributed by atoms with Crippen LogP contribution in [-0.2, 0) is 30.7 Å². The van der Waals surface area contributed by atoms with E-state index in [2.05, 4.69) is 34.7 Å². The molecule has 0 saturated carbocycles. The first-order valence-electron chi connectivity index (χ1n) is 9.31. The van der Waals surface area contributed by atoms with Crippen LogP contribution in [0.3, 0.4) is 0 Å². The molecule has 0 aliphatic carbocycles. The Morgan fingerprint density at radius 1 is 1.21 bits per heavy atom. The van der Waals surface area contributed by atoms with Crippen LogP contribution in [0.1, 0.15) is 34.7 Å². The van der Waals surface area contributed by atoms with Gasteiger partial charge in [0.15, 0.2) is 12.8 Å². The highest BCUT2D eigenvalue weighted by Gasteiger charge is 2.16. The molecule has 5 nitrogen and oxygen atoms in total. The number of fused-ring (bicyclic) bond motifs is 1. The Morgan fingerprint density at radius 2 is 2.04 bits per heavy atom. The van der Waals surface area contributed by atoms with E-state index >= 15 is 0 Å². The third-order valence-electron chi connectivity index (χ3n) is 4.24. The van der Waals surface area contributed by atoms with Crippen LogP contribution in [0.5, 0.6) is 5.75 Å². The van der Waals surface area contributed by atoms with E-state index < -0.39 is 0 Å². The second-order valence-electron chi connectivity index (χ2n) is 6.26. The molecule has 0 fully saturated rings. The van der Waals surface area contributed by atoms with Crippen molar-refractivity contribution in [2.45, 2.75) is 39.8 Å². The summed E-state index contributed by atoms with van der Waals surface area (Å²) in [5, 5.41) is 6.57. The summed E-state index contributed by atoms with van der Waals surface area (Å²) in [4.78, 5) is 7.27. The van der Waals surface area contributed by atoms with Crippen molar-refractivity contribution in [1.29, 1.82) is 0 Å². The van der Waals surface area contributed by atoms with E-state index in [0.717, 1.165) is 35.8 Å². The number of ether oxygens (including phenoxy) is 2. The Kier molecular flexibility index (Phi) is 9.46. The Balaban J connectivity index is 0.00000280. The second-order valence-corrected chi connectivity index (χ2v) is 7.51. The van der Waals surface area contributed by atoms with Crippen LogP contribution in [0.25, 0.3) is 0 Å². The molecule has 8 heteroatoms. The van der Waals surface area contributed by atoms with Gasteiger partial charge in [-0.15, -0.1) is 35.3 Å². The van der Waals surface area contributed by atoms with Crippen molar-refractivity contribution < 1.29 is 13.9 Å². The number of nitrogens with one attached hydrogen (secondary N) is 2. The number of aryl methyl sites for hydroxylation is 1. The van der Waals surface area contributed by atoms with E-state index in [9.17, 15) is 4.39 Å². The summed E-state index contributed by atoms with van der Waals surface area (Å²) < 4.78 is 24.6. The fraction of sp³-hybridized carbons (Fsp3) is 0.450. The predicted molar refractivity (Wildman–Crippen MR) is 122 cm³/mol. The molecule has 2 heterocycles. The van der Waals surface area contributed by atoms with Crippen LogP contribution in [0, 0.1) is 5.82 Å². The molecule has 2 aromatic rings. The summed E-state index contributed by atoms with van der Waals surface area (Å²) in [6.07, 6.45) is 1.70. The van der Waals surface area contributed by atoms with Crippen molar-refractivity contribution >= 4 is 41.3 Å². The number of hydrogen-bond acceptors (Lipinski definition) is 4. The standard InChI is InChI=1S/C20H26FN3O2S.HI/c1-3-17-5-6-18(27-17)11-24-20(22-4-2)23-8-7-14-9-16(21)10-15-12-25-13-26-19(14)15;/h5-6,9-10H,3-4,7-8,11-13H2,1-2H3,(H2,22,23,24);1H. The monoisotopic (exact) mass is 519 g/mol. The van der Waals surface area contributed by atoms with Crippen LogP contribution in [0.4, 0.5) is 4.39 Å². The van der Waals surface area contributed by atoms with Gasteiger partial charge < -0.3 is 20.1 Å². The van der Waals surface area contributed by atoms with Crippen molar-refractivity contribution in [3.05, 3.63) is 51.0 Å². The average Bonchev–Trinajstić information content (AvgIpc) is 3.14. The molecule has 28 heavy (non-hydrogen) atoms. The molecule has 0 spiro atoms. The first kappa shape index (κ1) is 22.9. The van der Waals surface area contributed by atoms with E-state index in [1.54, 1.807) is 11.3 Å². The van der Waals surface area contributed by atoms with Crippen molar-refractivity contribution in [2.24, 2.45) is 4.99 Å². The van der Waals surface area contributed by atoms with Crippen LogP contribution < -0.4 is 15.4 Å². The Labute approximate surface area is 186 Å². The van der Waals surface area contributed by atoms with E-state index in [1.807, 2.05) is 6.92 Å². The zero-order chi connectivity index (χ0) is 19.1. The van der Waals surface area contributed by atoms with E-state index in [1.165, 1.54) is 21.9 Å². The summed E-state index contributed by atoms with van der Waals surface area (Å²) in [6.45, 7) is 6.86. The summed E-state index contributed by atoms with van der Waals surface area (Å²) in [6, 6.07) is 7.30. The SMILES string of the molecule is CCNC(=NCc1ccc(CC)s1)NCCc1cc(F)cc2c1OCOC2.I. The molecule has 0 atom stereocenters. The lowest BCUT2D eigenvalue weighted by Gasteiger charge is -2.21. The topological polar surface area (TPSA) is 54.9 Å². The molecule has 3 rings (SSSR count). The Bertz CT molecular complexity index is 798. The van der Waals surface area contributed by atoms with E-state index in [-0.39, 0.29) is 36.6 Å². The molecule has 1 aromatic carbocycles. The molecule has 154 valence electrons. The summed E-state index contributed by atoms with van der Waals surface area (Å²) in [5.74, 6) is 1.25.